The molecular formula is C82H130NO8P. The monoisotopic (exact) mass is 1290 g/mol. The summed E-state index contributed by atoms with van der Waals surface area (Å²) in [7, 11) is 1.12. The van der Waals surface area contributed by atoms with Crippen LogP contribution in [0.2, 0.25) is 0 Å². The molecule has 0 saturated heterocycles. The number of hydrogen-bond donors (Lipinski definition) is 0. The second kappa shape index (κ2) is 69.9. The zero-order valence-electron chi connectivity index (χ0n) is 58.7. The van der Waals surface area contributed by atoms with E-state index in [0.717, 1.165) is 167 Å². The lowest BCUT2D eigenvalue weighted by Gasteiger charge is -2.28. The van der Waals surface area contributed by atoms with Gasteiger partial charge < -0.3 is 27.9 Å². The lowest BCUT2D eigenvalue weighted by molar-refractivity contribution is -0.870. The van der Waals surface area contributed by atoms with Gasteiger partial charge in [-0.2, -0.15) is 0 Å². The van der Waals surface area contributed by atoms with Gasteiger partial charge in [0.1, 0.15) is 19.8 Å². The van der Waals surface area contributed by atoms with Gasteiger partial charge >= 0.3 is 11.9 Å². The molecule has 0 amide bonds. The summed E-state index contributed by atoms with van der Waals surface area (Å²) in [6.45, 7) is 3.96. The first-order valence-corrected chi connectivity index (χ1v) is 37.3. The summed E-state index contributed by atoms with van der Waals surface area (Å²) in [5.74, 6) is -0.871. The summed E-state index contributed by atoms with van der Waals surface area (Å²) < 4.78 is 34.3. The van der Waals surface area contributed by atoms with Crippen molar-refractivity contribution in [3.05, 3.63) is 207 Å². The number of carbonyl (C=O) groups is 2. The molecule has 0 aromatic carbocycles. The predicted octanol–water partition coefficient (Wildman–Crippen LogP) is 23.2. The first kappa shape index (κ1) is 86.6. The van der Waals surface area contributed by atoms with Crippen LogP contribution in [-0.2, 0) is 32.7 Å². The number of hydrogen-bond acceptors (Lipinski definition) is 8. The van der Waals surface area contributed by atoms with Crippen LogP contribution in [0.15, 0.2) is 207 Å². The van der Waals surface area contributed by atoms with E-state index in [1.54, 1.807) is 0 Å². The third-order valence-corrected chi connectivity index (χ3v) is 15.3. The van der Waals surface area contributed by atoms with Crippen LogP contribution >= 0.6 is 7.82 Å². The summed E-state index contributed by atoms with van der Waals surface area (Å²) in [6.07, 6.45) is 110. The van der Waals surface area contributed by atoms with Crippen molar-refractivity contribution in [2.75, 3.05) is 47.5 Å². The Bertz CT molecular complexity index is 2310. The van der Waals surface area contributed by atoms with Gasteiger partial charge in [0.15, 0.2) is 6.10 Å². The van der Waals surface area contributed by atoms with Crippen LogP contribution in [0.25, 0.3) is 0 Å². The Morgan fingerprint density at radius 3 is 0.870 bits per heavy atom. The molecule has 516 valence electrons. The van der Waals surface area contributed by atoms with Crippen molar-refractivity contribution in [1.82, 2.24) is 0 Å². The molecule has 0 rings (SSSR count). The minimum Gasteiger partial charge on any atom is -0.756 e. The highest BCUT2D eigenvalue weighted by Crippen LogP contribution is 2.38. The third-order valence-electron chi connectivity index (χ3n) is 14.3. The molecule has 0 radical (unpaired) electrons. The van der Waals surface area contributed by atoms with Crippen LogP contribution < -0.4 is 4.89 Å². The summed E-state index contributed by atoms with van der Waals surface area (Å²) in [6, 6.07) is 0. The SMILES string of the molecule is CC/C=C\C/C=C\C/C=C\C/C=C\C/C=C\C/C=C\C/C=C\C/C=C\C/C=C\CCCCCCCCCC(=O)OC(COC(=O)CCCCCCCCCC/C=C\C/C=C\C/C=C\C/C=C\C/C=C\C/C=C\C/C=C\C/C=C\CC)COP(=O)([O-])OCC[N+](C)(C)C. The molecule has 0 spiro atoms. The minimum atomic E-state index is -4.67. The molecular weight excluding hydrogens is 1160 g/mol. The Kier molecular flexibility index (Phi) is 65.8. The molecule has 0 N–H and O–H groups in total. The molecule has 0 aliphatic heterocycles. The molecule has 0 saturated carbocycles. The van der Waals surface area contributed by atoms with Gasteiger partial charge in [-0.15, -0.1) is 0 Å². The lowest BCUT2D eigenvalue weighted by Crippen LogP contribution is -2.37. The van der Waals surface area contributed by atoms with Crippen molar-refractivity contribution >= 4 is 19.8 Å². The fourth-order valence-electron chi connectivity index (χ4n) is 8.90. The number of phosphoric ester groups is 1. The van der Waals surface area contributed by atoms with Crippen molar-refractivity contribution in [3.63, 3.8) is 0 Å². The summed E-state index contributed by atoms with van der Waals surface area (Å²) in [5, 5.41) is 0. The van der Waals surface area contributed by atoms with Crippen molar-refractivity contribution < 1.29 is 42.1 Å². The van der Waals surface area contributed by atoms with E-state index < -0.39 is 32.5 Å². The van der Waals surface area contributed by atoms with Crippen molar-refractivity contribution in [3.8, 4) is 0 Å². The summed E-state index contributed by atoms with van der Waals surface area (Å²) in [5.41, 5.74) is 0. The van der Waals surface area contributed by atoms with Gasteiger partial charge in [-0.05, 0) is 148 Å². The van der Waals surface area contributed by atoms with Gasteiger partial charge in [0.25, 0.3) is 7.82 Å². The number of likely N-dealkylation sites (N-methyl/N-ethyl adjacent to an activating group) is 1. The van der Waals surface area contributed by atoms with Gasteiger partial charge in [0.05, 0.1) is 27.7 Å². The van der Waals surface area contributed by atoms with Crippen LogP contribution in [0.1, 0.15) is 245 Å². The van der Waals surface area contributed by atoms with Gasteiger partial charge in [0, 0.05) is 12.8 Å². The zero-order chi connectivity index (χ0) is 66.9. The maximum absolute atomic E-state index is 12.9. The number of nitrogens with zero attached hydrogens (tertiary/aromatic N) is 1. The number of rotatable bonds is 63. The van der Waals surface area contributed by atoms with Crippen LogP contribution in [0.4, 0.5) is 0 Å². The summed E-state index contributed by atoms with van der Waals surface area (Å²) in [4.78, 5) is 38.1. The van der Waals surface area contributed by atoms with Crippen LogP contribution in [0.3, 0.4) is 0 Å². The largest absolute Gasteiger partial charge is 0.756 e. The molecule has 9 nitrogen and oxygen atoms in total. The number of carbonyl (C=O) groups excluding carboxylic acids is 2. The number of allylic oxidation sites excluding steroid dienone is 34. The smallest absolute Gasteiger partial charge is 0.306 e. The summed E-state index contributed by atoms with van der Waals surface area (Å²) >= 11 is 0. The van der Waals surface area contributed by atoms with Crippen molar-refractivity contribution in [2.45, 2.75) is 251 Å². The predicted molar refractivity (Wildman–Crippen MR) is 396 cm³/mol. The number of ether oxygens (including phenoxy) is 2. The van der Waals surface area contributed by atoms with Gasteiger partial charge in [-0.1, -0.05) is 291 Å². The van der Waals surface area contributed by atoms with Gasteiger partial charge in [-0.3, -0.25) is 14.2 Å². The average Bonchev–Trinajstić information content (AvgIpc) is 2.14. The van der Waals surface area contributed by atoms with E-state index in [9.17, 15) is 19.0 Å². The van der Waals surface area contributed by atoms with E-state index in [1.165, 1.54) is 38.5 Å². The van der Waals surface area contributed by atoms with E-state index in [2.05, 4.69) is 220 Å². The van der Waals surface area contributed by atoms with E-state index in [1.807, 2.05) is 21.1 Å². The number of phosphoric acid groups is 1. The number of esters is 2. The van der Waals surface area contributed by atoms with Gasteiger partial charge in [-0.25, -0.2) is 0 Å². The van der Waals surface area contributed by atoms with E-state index >= 15 is 0 Å². The Balaban J connectivity index is 4.19. The lowest BCUT2D eigenvalue weighted by atomic mass is 10.1. The first-order chi connectivity index (χ1) is 45.0. The quantitative estimate of drug-likeness (QED) is 0.0195. The van der Waals surface area contributed by atoms with Crippen molar-refractivity contribution in [2.24, 2.45) is 0 Å². The van der Waals surface area contributed by atoms with E-state index in [4.69, 9.17) is 18.5 Å². The normalized spacial score (nSPS) is 14.4. The number of unbranched alkanes of at least 4 members (excludes halogenated alkanes) is 15. The highest BCUT2D eigenvalue weighted by atomic mass is 31.2. The maximum atomic E-state index is 12.9. The standard InChI is InChI=1S/C82H130NO8P/c1-6-8-10-12-14-16-18-20-22-24-26-28-30-32-34-36-38-40-41-43-45-47-49-51-53-55-57-59-61-63-65-67-69-71-73-75-82(85)91-80(79-90-92(86,87)89-77-76-83(3,4)5)78-88-81(84)74-72-70-68-66-64-62-60-58-56-54-52-50-48-46-44-42-39-37-35-33-31-29-27-25-23-21-19-17-15-13-11-9-7-2/h8-11,14-17,20-23,26-29,32-35,38-40,42-43,45-46,48-49,51-52,54-55,57,80H,6-7,12-13,18-19,24-25,30-31,36-37,41,44,47,50,53,56,58-79H2,1-5H3/b10-8-,11-9-,16-14-,17-15-,22-20-,23-21-,28-26-,29-27-,34-32-,35-33-,40-38-,42-39-,45-43-,48-46-,51-49-,54-52-,57-55-. The molecule has 0 aromatic heterocycles. The Labute approximate surface area is 564 Å². The molecule has 10 heteroatoms. The third kappa shape index (κ3) is 73.6. The molecule has 0 heterocycles. The fraction of sp³-hybridized carbons (Fsp3) is 0.561. The molecule has 2 unspecified atom stereocenters. The molecule has 0 aromatic rings. The zero-order valence-corrected chi connectivity index (χ0v) is 59.5. The molecule has 0 bridgehead atoms. The Morgan fingerprint density at radius 2 is 0.587 bits per heavy atom. The highest BCUT2D eigenvalue weighted by molar-refractivity contribution is 7.45. The molecule has 0 fully saturated rings. The van der Waals surface area contributed by atoms with Crippen LogP contribution in [0.5, 0.6) is 0 Å². The molecule has 2 atom stereocenters. The molecule has 92 heavy (non-hydrogen) atoms. The van der Waals surface area contributed by atoms with Gasteiger partial charge in [0.2, 0.25) is 0 Å². The van der Waals surface area contributed by atoms with Crippen LogP contribution in [-0.4, -0.2) is 70.0 Å². The molecule has 0 aliphatic rings. The average molecular weight is 1290 g/mol. The topological polar surface area (TPSA) is 111 Å². The van der Waals surface area contributed by atoms with E-state index in [0.29, 0.717) is 23.9 Å². The minimum absolute atomic E-state index is 0.0464. The Hall–Kier alpha value is -5.41. The highest BCUT2D eigenvalue weighted by Gasteiger charge is 2.22. The maximum Gasteiger partial charge on any atom is 0.306 e. The van der Waals surface area contributed by atoms with Crippen molar-refractivity contribution in [1.29, 1.82) is 0 Å². The fourth-order valence-corrected chi connectivity index (χ4v) is 9.63. The molecule has 0 aliphatic carbocycles. The second-order valence-electron chi connectivity index (χ2n) is 24.1. The van der Waals surface area contributed by atoms with E-state index in [-0.39, 0.29) is 26.1 Å². The second-order valence-corrected chi connectivity index (χ2v) is 25.5. The Morgan fingerprint density at radius 1 is 0.337 bits per heavy atom. The number of quaternary nitrogens is 1. The van der Waals surface area contributed by atoms with Crippen LogP contribution in [0, 0.1) is 0 Å². The first-order valence-electron chi connectivity index (χ1n) is 35.8.